The number of halogens is 1. The van der Waals surface area contributed by atoms with E-state index in [0.29, 0.717) is 16.6 Å². The molecule has 0 aliphatic heterocycles. The molecule has 0 saturated carbocycles. The SMILES string of the molecule is COc1ccccc1-c1cc(CBr)c(=O)[nH]n1. The normalized spacial score (nSPS) is 10.2. The van der Waals surface area contributed by atoms with E-state index in [9.17, 15) is 4.79 Å². The summed E-state index contributed by atoms with van der Waals surface area (Å²) < 4.78 is 5.26. The molecule has 5 heteroatoms. The number of rotatable bonds is 3. The van der Waals surface area contributed by atoms with Crippen LogP contribution in [0, 0.1) is 0 Å². The molecule has 0 saturated heterocycles. The second-order valence-electron chi connectivity index (χ2n) is 3.44. The van der Waals surface area contributed by atoms with Crippen molar-refractivity contribution in [2.75, 3.05) is 7.11 Å². The summed E-state index contributed by atoms with van der Waals surface area (Å²) in [6.07, 6.45) is 0. The first kappa shape index (κ1) is 11.9. The molecule has 0 aliphatic carbocycles. The topological polar surface area (TPSA) is 55.0 Å². The number of methoxy groups -OCH3 is 1. The van der Waals surface area contributed by atoms with Crippen LogP contribution in [0.5, 0.6) is 5.75 Å². The third-order valence-corrected chi connectivity index (χ3v) is 3.01. The van der Waals surface area contributed by atoms with Gasteiger partial charge in [-0.25, -0.2) is 5.10 Å². The van der Waals surface area contributed by atoms with E-state index in [2.05, 4.69) is 26.1 Å². The Balaban J connectivity index is 2.56. The lowest BCUT2D eigenvalue weighted by Crippen LogP contribution is -2.13. The minimum atomic E-state index is -0.180. The van der Waals surface area contributed by atoms with Gasteiger partial charge in [0.2, 0.25) is 0 Å². The number of alkyl halides is 1. The highest BCUT2D eigenvalue weighted by Gasteiger charge is 2.08. The second kappa shape index (κ2) is 5.14. The number of H-pyrrole nitrogens is 1. The third kappa shape index (κ3) is 2.39. The fourth-order valence-corrected chi connectivity index (χ4v) is 1.96. The van der Waals surface area contributed by atoms with Crippen LogP contribution in [0.1, 0.15) is 5.56 Å². The van der Waals surface area contributed by atoms with Crippen LogP contribution in [-0.2, 0) is 5.33 Å². The molecule has 2 aromatic rings. The monoisotopic (exact) mass is 294 g/mol. The van der Waals surface area contributed by atoms with Crippen LogP contribution >= 0.6 is 15.9 Å². The zero-order valence-corrected chi connectivity index (χ0v) is 10.8. The Bertz CT molecular complexity index is 581. The molecule has 1 aromatic heterocycles. The highest BCUT2D eigenvalue weighted by molar-refractivity contribution is 9.08. The number of nitrogens with one attached hydrogen (secondary N) is 1. The maximum Gasteiger partial charge on any atom is 0.268 e. The van der Waals surface area contributed by atoms with Gasteiger partial charge in [0, 0.05) is 16.5 Å². The molecule has 0 amide bonds. The van der Waals surface area contributed by atoms with E-state index < -0.39 is 0 Å². The molecule has 0 fully saturated rings. The van der Waals surface area contributed by atoms with Gasteiger partial charge in [0.1, 0.15) is 5.75 Å². The summed E-state index contributed by atoms with van der Waals surface area (Å²) in [5.41, 5.74) is 2.01. The van der Waals surface area contributed by atoms with E-state index in [1.807, 2.05) is 24.3 Å². The zero-order chi connectivity index (χ0) is 12.3. The van der Waals surface area contributed by atoms with Crippen LogP contribution in [0.25, 0.3) is 11.3 Å². The summed E-state index contributed by atoms with van der Waals surface area (Å²) in [5.74, 6) is 0.729. The molecule has 4 nitrogen and oxygen atoms in total. The summed E-state index contributed by atoms with van der Waals surface area (Å²) in [5, 5.41) is 7.00. The maximum atomic E-state index is 11.4. The first-order chi connectivity index (χ1) is 8.26. The van der Waals surface area contributed by atoms with Gasteiger partial charge in [-0.05, 0) is 18.2 Å². The zero-order valence-electron chi connectivity index (χ0n) is 9.24. The number of para-hydroxylation sites is 1. The van der Waals surface area contributed by atoms with E-state index in [-0.39, 0.29) is 5.56 Å². The second-order valence-corrected chi connectivity index (χ2v) is 4.00. The largest absolute Gasteiger partial charge is 0.496 e. The lowest BCUT2D eigenvalue weighted by molar-refractivity contribution is 0.416. The van der Waals surface area contributed by atoms with Crippen molar-refractivity contribution in [1.29, 1.82) is 0 Å². The van der Waals surface area contributed by atoms with Gasteiger partial charge in [0.25, 0.3) is 5.56 Å². The molecule has 0 atom stereocenters. The molecular weight excluding hydrogens is 284 g/mol. The van der Waals surface area contributed by atoms with Crippen molar-refractivity contribution in [3.05, 3.63) is 46.2 Å². The van der Waals surface area contributed by atoms with Crippen LogP contribution < -0.4 is 10.3 Å². The lowest BCUT2D eigenvalue weighted by atomic mass is 10.1. The molecule has 0 unspecified atom stereocenters. The number of hydrogen-bond acceptors (Lipinski definition) is 3. The Kier molecular flexibility index (Phi) is 3.58. The maximum absolute atomic E-state index is 11.4. The van der Waals surface area contributed by atoms with Gasteiger partial charge in [-0.2, -0.15) is 5.10 Å². The molecule has 0 radical (unpaired) electrons. The van der Waals surface area contributed by atoms with Crippen molar-refractivity contribution in [2.24, 2.45) is 0 Å². The quantitative estimate of drug-likeness (QED) is 0.884. The molecule has 1 heterocycles. The van der Waals surface area contributed by atoms with Gasteiger partial charge in [-0.3, -0.25) is 4.79 Å². The van der Waals surface area contributed by atoms with Gasteiger partial charge in [0.15, 0.2) is 0 Å². The highest BCUT2D eigenvalue weighted by Crippen LogP contribution is 2.27. The fourth-order valence-electron chi connectivity index (χ4n) is 1.54. The Morgan fingerprint density at radius 3 is 2.88 bits per heavy atom. The first-order valence-electron chi connectivity index (χ1n) is 5.04. The van der Waals surface area contributed by atoms with Crippen molar-refractivity contribution in [3.8, 4) is 17.0 Å². The molecule has 17 heavy (non-hydrogen) atoms. The number of aromatic nitrogens is 2. The van der Waals surface area contributed by atoms with Crippen molar-refractivity contribution in [1.82, 2.24) is 10.2 Å². The van der Waals surface area contributed by atoms with Crippen LogP contribution in [-0.4, -0.2) is 17.3 Å². The molecule has 1 aromatic carbocycles. The van der Waals surface area contributed by atoms with Crippen LogP contribution in [0.3, 0.4) is 0 Å². The van der Waals surface area contributed by atoms with Crippen molar-refractivity contribution in [3.63, 3.8) is 0 Å². The van der Waals surface area contributed by atoms with E-state index in [0.717, 1.165) is 11.3 Å². The molecular formula is C12H11BrN2O2. The standard InChI is InChI=1S/C12H11BrN2O2/c1-17-11-5-3-2-4-9(11)10-6-8(7-13)12(16)15-14-10/h2-6H,7H2,1H3,(H,15,16). The summed E-state index contributed by atoms with van der Waals surface area (Å²) >= 11 is 3.27. The number of hydrogen-bond donors (Lipinski definition) is 1. The highest BCUT2D eigenvalue weighted by atomic mass is 79.9. The molecule has 88 valence electrons. The van der Waals surface area contributed by atoms with Crippen LogP contribution in [0.15, 0.2) is 35.1 Å². The Morgan fingerprint density at radius 1 is 1.41 bits per heavy atom. The molecule has 0 spiro atoms. The molecule has 0 aliphatic rings. The number of benzene rings is 1. The van der Waals surface area contributed by atoms with Gasteiger partial charge >= 0.3 is 0 Å². The smallest absolute Gasteiger partial charge is 0.268 e. The number of aromatic amines is 1. The van der Waals surface area contributed by atoms with Gasteiger partial charge in [-0.15, -0.1) is 0 Å². The minimum Gasteiger partial charge on any atom is -0.496 e. The van der Waals surface area contributed by atoms with Crippen LogP contribution in [0.2, 0.25) is 0 Å². The summed E-state index contributed by atoms with van der Waals surface area (Å²) in [4.78, 5) is 11.4. The predicted octanol–water partition coefficient (Wildman–Crippen LogP) is 2.34. The van der Waals surface area contributed by atoms with Gasteiger partial charge in [-0.1, -0.05) is 28.1 Å². The number of nitrogens with zero attached hydrogens (tertiary/aromatic N) is 1. The lowest BCUT2D eigenvalue weighted by Gasteiger charge is -2.07. The Hall–Kier alpha value is -1.62. The molecule has 1 N–H and O–H groups in total. The van der Waals surface area contributed by atoms with E-state index in [1.54, 1.807) is 13.2 Å². The van der Waals surface area contributed by atoms with Crippen LogP contribution in [0.4, 0.5) is 0 Å². The summed E-state index contributed by atoms with van der Waals surface area (Å²) in [7, 11) is 1.61. The van der Waals surface area contributed by atoms with E-state index >= 15 is 0 Å². The molecule has 0 bridgehead atoms. The van der Waals surface area contributed by atoms with E-state index in [1.165, 1.54) is 0 Å². The summed E-state index contributed by atoms with van der Waals surface area (Å²) in [6, 6.07) is 9.30. The van der Waals surface area contributed by atoms with Crippen molar-refractivity contribution >= 4 is 15.9 Å². The average molecular weight is 295 g/mol. The first-order valence-corrected chi connectivity index (χ1v) is 6.16. The minimum absolute atomic E-state index is 0.180. The average Bonchev–Trinajstić information content (AvgIpc) is 2.39. The Morgan fingerprint density at radius 2 is 2.18 bits per heavy atom. The summed E-state index contributed by atoms with van der Waals surface area (Å²) in [6.45, 7) is 0. The molecule has 2 rings (SSSR count). The van der Waals surface area contributed by atoms with Crippen molar-refractivity contribution in [2.45, 2.75) is 5.33 Å². The van der Waals surface area contributed by atoms with Crippen molar-refractivity contribution < 1.29 is 4.74 Å². The van der Waals surface area contributed by atoms with Gasteiger partial charge in [0.05, 0.1) is 12.8 Å². The Labute approximate surface area is 107 Å². The van der Waals surface area contributed by atoms with Gasteiger partial charge < -0.3 is 4.74 Å². The van der Waals surface area contributed by atoms with E-state index in [4.69, 9.17) is 4.74 Å². The number of ether oxygens (including phenoxy) is 1. The third-order valence-electron chi connectivity index (χ3n) is 2.41. The fraction of sp³-hybridized carbons (Fsp3) is 0.167. The predicted molar refractivity (Wildman–Crippen MR) is 69.5 cm³/mol.